The molecule has 1 aromatic carbocycles. The lowest BCUT2D eigenvalue weighted by atomic mass is 9.97. The molecule has 2 N–H and O–H groups in total. The highest BCUT2D eigenvalue weighted by atomic mass is 16.5. The van der Waals surface area contributed by atoms with Crippen molar-refractivity contribution in [1.29, 1.82) is 0 Å². The Kier molecular flexibility index (Phi) is 5.21. The minimum atomic E-state index is -0.188. The maximum atomic E-state index is 11.7. The van der Waals surface area contributed by atoms with Gasteiger partial charge in [-0.1, -0.05) is 20.8 Å². The van der Waals surface area contributed by atoms with Crippen LogP contribution in [0.3, 0.4) is 0 Å². The Bertz CT molecular complexity index is 405. The zero-order valence-corrected chi connectivity index (χ0v) is 12.4. The quantitative estimate of drug-likeness (QED) is 0.872. The Morgan fingerprint density at radius 3 is 2.26 bits per heavy atom. The van der Waals surface area contributed by atoms with E-state index in [1.54, 1.807) is 0 Å². The Morgan fingerprint density at radius 2 is 1.79 bits per heavy atom. The molecule has 0 aromatic heterocycles. The van der Waals surface area contributed by atoms with Gasteiger partial charge in [0.1, 0.15) is 5.75 Å². The summed E-state index contributed by atoms with van der Waals surface area (Å²) in [6, 6.07) is 7.16. The van der Waals surface area contributed by atoms with Crippen molar-refractivity contribution >= 4 is 11.7 Å². The summed E-state index contributed by atoms with van der Waals surface area (Å²) < 4.78 is 5.54. The number of hydrogen-bond donors (Lipinski definition) is 2. The third-order valence-corrected chi connectivity index (χ3v) is 2.26. The van der Waals surface area contributed by atoms with E-state index in [2.05, 4.69) is 31.4 Å². The molecule has 0 heterocycles. The Balaban J connectivity index is 2.47. The normalized spacial score (nSPS) is 11.3. The first-order chi connectivity index (χ1) is 8.76. The first-order valence-electron chi connectivity index (χ1n) is 6.58. The van der Waals surface area contributed by atoms with Crippen molar-refractivity contribution in [2.24, 2.45) is 5.41 Å². The van der Waals surface area contributed by atoms with Crippen LogP contribution in [0.1, 0.15) is 34.6 Å². The second-order valence-electron chi connectivity index (χ2n) is 6.06. The summed E-state index contributed by atoms with van der Waals surface area (Å²) in [4.78, 5) is 11.7. The summed E-state index contributed by atoms with van der Waals surface area (Å²) in [6.45, 7) is 10.8. The van der Waals surface area contributed by atoms with E-state index in [1.807, 2.05) is 38.1 Å². The van der Waals surface area contributed by atoms with Crippen LogP contribution in [0.5, 0.6) is 5.75 Å². The monoisotopic (exact) mass is 264 g/mol. The summed E-state index contributed by atoms with van der Waals surface area (Å²) in [5.74, 6) is 0.802. The highest BCUT2D eigenvalue weighted by Crippen LogP contribution is 2.17. The molecule has 0 unspecified atom stereocenters. The molecule has 0 aliphatic rings. The van der Waals surface area contributed by atoms with Gasteiger partial charge in [-0.3, -0.25) is 0 Å². The molecule has 0 aliphatic heterocycles. The lowest BCUT2D eigenvalue weighted by Crippen LogP contribution is -2.35. The molecule has 0 aliphatic carbocycles. The van der Waals surface area contributed by atoms with E-state index >= 15 is 0 Å². The van der Waals surface area contributed by atoms with Gasteiger partial charge in [0.15, 0.2) is 0 Å². The number of hydrogen-bond acceptors (Lipinski definition) is 2. The number of nitrogens with one attached hydrogen (secondary N) is 2. The van der Waals surface area contributed by atoms with Crippen LogP contribution < -0.4 is 15.4 Å². The van der Waals surface area contributed by atoms with Crippen LogP contribution in [0, 0.1) is 5.41 Å². The molecule has 0 saturated heterocycles. The molecule has 106 valence electrons. The van der Waals surface area contributed by atoms with Gasteiger partial charge in [0.05, 0.1) is 6.10 Å². The molecule has 0 saturated carbocycles. The molecule has 2 amide bonds. The fraction of sp³-hybridized carbons (Fsp3) is 0.533. The minimum Gasteiger partial charge on any atom is -0.491 e. The van der Waals surface area contributed by atoms with Crippen LogP contribution in [0.15, 0.2) is 24.3 Å². The number of ether oxygens (including phenoxy) is 1. The number of carbonyl (C=O) groups is 1. The average molecular weight is 264 g/mol. The second-order valence-corrected chi connectivity index (χ2v) is 6.06. The average Bonchev–Trinajstić information content (AvgIpc) is 2.28. The second kappa shape index (κ2) is 6.45. The Morgan fingerprint density at radius 1 is 1.21 bits per heavy atom. The fourth-order valence-corrected chi connectivity index (χ4v) is 1.41. The summed E-state index contributed by atoms with van der Waals surface area (Å²) in [6.07, 6.45) is 0.147. The molecule has 19 heavy (non-hydrogen) atoms. The van der Waals surface area contributed by atoms with Gasteiger partial charge < -0.3 is 15.4 Å². The number of anilines is 1. The minimum absolute atomic E-state index is 0.0757. The SMILES string of the molecule is CC(C)Oc1ccc(NC(=O)NCC(C)(C)C)cc1. The molecule has 0 fully saturated rings. The molecular formula is C15H24N2O2. The highest BCUT2D eigenvalue weighted by molar-refractivity contribution is 5.89. The van der Waals surface area contributed by atoms with Gasteiger partial charge in [-0.2, -0.15) is 0 Å². The summed E-state index contributed by atoms with van der Waals surface area (Å²) in [5, 5.41) is 5.63. The molecule has 0 atom stereocenters. The van der Waals surface area contributed by atoms with Gasteiger partial charge >= 0.3 is 6.03 Å². The zero-order valence-electron chi connectivity index (χ0n) is 12.4. The molecule has 0 spiro atoms. The van der Waals surface area contributed by atoms with Crippen molar-refractivity contribution < 1.29 is 9.53 Å². The van der Waals surface area contributed by atoms with Gasteiger partial charge in [-0.25, -0.2) is 4.79 Å². The molecule has 0 bridgehead atoms. The number of benzene rings is 1. The number of amides is 2. The molecule has 0 radical (unpaired) electrons. The van der Waals surface area contributed by atoms with Crippen LogP contribution in [0.2, 0.25) is 0 Å². The van der Waals surface area contributed by atoms with Crippen molar-refractivity contribution in [1.82, 2.24) is 5.32 Å². The molecular weight excluding hydrogens is 240 g/mol. The van der Waals surface area contributed by atoms with Gasteiger partial charge in [0.25, 0.3) is 0 Å². The summed E-state index contributed by atoms with van der Waals surface area (Å²) in [7, 11) is 0. The first kappa shape index (κ1) is 15.3. The van der Waals surface area contributed by atoms with Crippen molar-refractivity contribution in [3.05, 3.63) is 24.3 Å². The van der Waals surface area contributed by atoms with E-state index < -0.39 is 0 Å². The van der Waals surface area contributed by atoms with Crippen LogP contribution >= 0.6 is 0 Å². The lowest BCUT2D eigenvalue weighted by Gasteiger charge is -2.19. The Hall–Kier alpha value is -1.71. The van der Waals surface area contributed by atoms with Crippen LogP contribution in [0.25, 0.3) is 0 Å². The van der Waals surface area contributed by atoms with E-state index in [4.69, 9.17) is 4.74 Å². The predicted octanol–water partition coefficient (Wildman–Crippen LogP) is 3.64. The third-order valence-electron chi connectivity index (χ3n) is 2.26. The predicted molar refractivity (Wildman–Crippen MR) is 78.7 cm³/mol. The van der Waals surface area contributed by atoms with Crippen molar-refractivity contribution in [2.45, 2.75) is 40.7 Å². The largest absolute Gasteiger partial charge is 0.491 e. The van der Waals surface area contributed by atoms with E-state index in [0.717, 1.165) is 11.4 Å². The van der Waals surface area contributed by atoms with Crippen LogP contribution in [0.4, 0.5) is 10.5 Å². The standard InChI is InChI=1S/C15H24N2O2/c1-11(2)19-13-8-6-12(7-9-13)17-14(18)16-10-15(3,4)5/h6-9,11H,10H2,1-5H3,(H2,16,17,18). The molecule has 4 heteroatoms. The molecule has 1 rings (SSSR count). The van der Waals surface area contributed by atoms with Gasteiger partial charge in [-0.15, -0.1) is 0 Å². The van der Waals surface area contributed by atoms with Crippen LogP contribution in [-0.2, 0) is 0 Å². The number of urea groups is 1. The van der Waals surface area contributed by atoms with E-state index in [-0.39, 0.29) is 17.6 Å². The zero-order chi connectivity index (χ0) is 14.5. The highest BCUT2D eigenvalue weighted by Gasteiger charge is 2.11. The maximum absolute atomic E-state index is 11.7. The van der Waals surface area contributed by atoms with E-state index in [1.165, 1.54) is 0 Å². The maximum Gasteiger partial charge on any atom is 0.319 e. The number of carbonyl (C=O) groups excluding carboxylic acids is 1. The summed E-state index contributed by atoms with van der Waals surface area (Å²) >= 11 is 0. The summed E-state index contributed by atoms with van der Waals surface area (Å²) in [5.41, 5.74) is 0.828. The Labute approximate surface area is 115 Å². The fourth-order valence-electron chi connectivity index (χ4n) is 1.41. The molecule has 1 aromatic rings. The van der Waals surface area contributed by atoms with Crippen molar-refractivity contribution in [3.63, 3.8) is 0 Å². The van der Waals surface area contributed by atoms with E-state index in [9.17, 15) is 4.79 Å². The first-order valence-corrected chi connectivity index (χ1v) is 6.58. The smallest absolute Gasteiger partial charge is 0.319 e. The topological polar surface area (TPSA) is 50.4 Å². The lowest BCUT2D eigenvalue weighted by molar-refractivity contribution is 0.242. The van der Waals surface area contributed by atoms with Gasteiger partial charge in [-0.05, 0) is 43.5 Å². The van der Waals surface area contributed by atoms with Crippen molar-refractivity contribution in [2.75, 3.05) is 11.9 Å². The van der Waals surface area contributed by atoms with Gasteiger partial charge in [0.2, 0.25) is 0 Å². The third kappa shape index (κ3) is 6.70. The molecule has 4 nitrogen and oxygen atoms in total. The van der Waals surface area contributed by atoms with Crippen molar-refractivity contribution in [3.8, 4) is 5.75 Å². The van der Waals surface area contributed by atoms with Gasteiger partial charge in [0, 0.05) is 12.2 Å². The van der Waals surface area contributed by atoms with Crippen LogP contribution in [-0.4, -0.2) is 18.7 Å². The number of rotatable bonds is 4. The van der Waals surface area contributed by atoms with E-state index in [0.29, 0.717) is 6.54 Å².